The molecule has 2 heterocycles. The summed E-state index contributed by atoms with van der Waals surface area (Å²) in [5.41, 5.74) is 1.29. The molecule has 5 nitrogen and oxygen atoms in total. The average molecular weight is 366 g/mol. The molecule has 1 aromatic heterocycles. The molecule has 3 rings (SSSR count). The van der Waals surface area contributed by atoms with E-state index in [-0.39, 0.29) is 5.91 Å². The van der Waals surface area contributed by atoms with Crippen molar-refractivity contribution in [3.05, 3.63) is 52.8 Å². The van der Waals surface area contributed by atoms with E-state index in [1.165, 1.54) is 12.1 Å². The average Bonchev–Trinajstić information content (AvgIpc) is 2.93. The number of aryl methyl sites for hydroxylation is 2. The van der Waals surface area contributed by atoms with Crippen LogP contribution in [0.2, 0.25) is 0 Å². The van der Waals surface area contributed by atoms with Gasteiger partial charge in [0.25, 0.3) is 5.91 Å². The van der Waals surface area contributed by atoms with Crippen molar-refractivity contribution in [1.82, 2.24) is 19.6 Å². The molecule has 1 aliphatic rings. The standard InChI is InChI=1S/C18H21F3N4O/c1-13-16(12-23(2)22-13)17(26)25-8-6-24(7-9-25)11-14-4-3-5-15(10-14)18(19,20)21/h3-5,10,12H,6-9,11H2,1-2H3. The van der Waals surface area contributed by atoms with Crippen LogP contribution < -0.4 is 0 Å². The highest BCUT2D eigenvalue weighted by Crippen LogP contribution is 2.29. The summed E-state index contributed by atoms with van der Waals surface area (Å²) < 4.78 is 40.1. The predicted octanol–water partition coefficient (Wildman–Crippen LogP) is 2.71. The van der Waals surface area contributed by atoms with Crippen molar-refractivity contribution >= 4 is 5.91 Å². The Hall–Kier alpha value is -2.35. The Morgan fingerprint density at radius 3 is 2.46 bits per heavy atom. The van der Waals surface area contributed by atoms with Crippen molar-refractivity contribution in [1.29, 1.82) is 0 Å². The first-order valence-electron chi connectivity index (χ1n) is 8.42. The van der Waals surface area contributed by atoms with Crippen molar-refractivity contribution in [3.8, 4) is 0 Å². The van der Waals surface area contributed by atoms with Gasteiger partial charge in [-0.1, -0.05) is 18.2 Å². The van der Waals surface area contributed by atoms with E-state index in [9.17, 15) is 18.0 Å². The van der Waals surface area contributed by atoms with Crippen LogP contribution in [0.1, 0.15) is 27.2 Å². The van der Waals surface area contributed by atoms with Gasteiger partial charge in [-0.3, -0.25) is 14.4 Å². The van der Waals surface area contributed by atoms with Crippen LogP contribution in [0.25, 0.3) is 0 Å². The Morgan fingerprint density at radius 1 is 1.19 bits per heavy atom. The molecule has 0 radical (unpaired) electrons. The lowest BCUT2D eigenvalue weighted by atomic mass is 10.1. The number of rotatable bonds is 3. The molecule has 0 spiro atoms. The first-order chi connectivity index (χ1) is 12.2. The molecular formula is C18H21F3N4O. The number of halogens is 3. The van der Waals surface area contributed by atoms with Gasteiger partial charge in [-0.15, -0.1) is 0 Å². The van der Waals surface area contributed by atoms with Crippen molar-refractivity contribution in [2.45, 2.75) is 19.6 Å². The summed E-state index contributed by atoms with van der Waals surface area (Å²) in [4.78, 5) is 16.4. The summed E-state index contributed by atoms with van der Waals surface area (Å²) in [6.07, 6.45) is -2.62. The predicted molar refractivity (Wildman–Crippen MR) is 90.6 cm³/mol. The van der Waals surface area contributed by atoms with E-state index in [0.717, 1.165) is 6.07 Å². The second-order valence-electron chi connectivity index (χ2n) is 6.57. The number of carbonyl (C=O) groups is 1. The fourth-order valence-corrected chi connectivity index (χ4v) is 3.19. The lowest BCUT2D eigenvalue weighted by Gasteiger charge is -2.34. The van der Waals surface area contributed by atoms with Crippen LogP contribution in [0.5, 0.6) is 0 Å². The Morgan fingerprint density at radius 2 is 1.88 bits per heavy atom. The molecule has 8 heteroatoms. The van der Waals surface area contributed by atoms with Gasteiger partial charge in [0.15, 0.2) is 0 Å². The van der Waals surface area contributed by atoms with E-state index in [4.69, 9.17) is 0 Å². The second-order valence-corrected chi connectivity index (χ2v) is 6.57. The Balaban J connectivity index is 1.59. The second kappa shape index (κ2) is 7.11. The maximum Gasteiger partial charge on any atom is 0.416 e. The molecule has 0 unspecified atom stereocenters. The molecule has 1 saturated heterocycles. The van der Waals surface area contributed by atoms with Crippen LogP contribution in [0.3, 0.4) is 0 Å². The maximum absolute atomic E-state index is 12.8. The van der Waals surface area contributed by atoms with Gasteiger partial charge < -0.3 is 4.90 Å². The smallest absolute Gasteiger partial charge is 0.336 e. The topological polar surface area (TPSA) is 41.4 Å². The normalized spacial score (nSPS) is 16.1. The van der Waals surface area contributed by atoms with E-state index in [1.807, 2.05) is 0 Å². The highest BCUT2D eigenvalue weighted by molar-refractivity contribution is 5.95. The molecule has 1 aromatic carbocycles. The number of amides is 1. The van der Waals surface area contributed by atoms with Crippen LogP contribution in [0.15, 0.2) is 30.5 Å². The largest absolute Gasteiger partial charge is 0.416 e. The Kier molecular flexibility index (Phi) is 5.04. The lowest BCUT2D eigenvalue weighted by Crippen LogP contribution is -2.48. The first-order valence-corrected chi connectivity index (χ1v) is 8.42. The van der Waals surface area contributed by atoms with E-state index in [0.29, 0.717) is 49.5 Å². The molecule has 0 N–H and O–H groups in total. The van der Waals surface area contributed by atoms with Gasteiger partial charge in [0.2, 0.25) is 0 Å². The molecule has 0 aliphatic carbocycles. The van der Waals surface area contributed by atoms with Gasteiger partial charge in [-0.05, 0) is 18.6 Å². The Labute approximate surface area is 150 Å². The fraction of sp³-hybridized carbons (Fsp3) is 0.444. The summed E-state index contributed by atoms with van der Waals surface area (Å²) in [5, 5.41) is 4.19. The third kappa shape index (κ3) is 4.07. The molecule has 1 amide bonds. The van der Waals surface area contributed by atoms with Crippen LogP contribution in [0, 0.1) is 6.92 Å². The number of carbonyl (C=O) groups excluding carboxylic acids is 1. The van der Waals surface area contributed by atoms with E-state index < -0.39 is 11.7 Å². The van der Waals surface area contributed by atoms with Crippen molar-refractivity contribution in [3.63, 3.8) is 0 Å². The summed E-state index contributed by atoms with van der Waals surface area (Å²) in [6.45, 7) is 4.59. The SMILES string of the molecule is Cc1nn(C)cc1C(=O)N1CCN(Cc2cccc(C(F)(F)F)c2)CC1. The van der Waals surface area contributed by atoms with Crippen molar-refractivity contribution < 1.29 is 18.0 Å². The van der Waals surface area contributed by atoms with Gasteiger partial charge in [-0.2, -0.15) is 18.3 Å². The van der Waals surface area contributed by atoms with E-state index >= 15 is 0 Å². The lowest BCUT2D eigenvalue weighted by molar-refractivity contribution is -0.137. The maximum atomic E-state index is 12.8. The summed E-state index contributed by atoms with van der Waals surface area (Å²) in [5.74, 6) is -0.0469. The molecule has 0 atom stereocenters. The van der Waals surface area contributed by atoms with E-state index in [2.05, 4.69) is 10.00 Å². The molecule has 2 aromatic rings. The fourth-order valence-electron chi connectivity index (χ4n) is 3.19. The van der Waals surface area contributed by atoms with Gasteiger partial charge in [-0.25, -0.2) is 0 Å². The number of hydrogen-bond acceptors (Lipinski definition) is 3. The van der Waals surface area contributed by atoms with E-state index in [1.54, 1.807) is 35.8 Å². The third-order valence-electron chi connectivity index (χ3n) is 4.56. The number of benzene rings is 1. The van der Waals surface area contributed by atoms with Crippen molar-refractivity contribution in [2.75, 3.05) is 26.2 Å². The van der Waals surface area contributed by atoms with Crippen molar-refractivity contribution in [2.24, 2.45) is 7.05 Å². The molecule has 0 bridgehead atoms. The molecule has 0 saturated carbocycles. The monoisotopic (exact) mass is 366 g/mol. The minimum Gasteiger partial charge on any atom is -0.336 e. The van der Waals surface area contributed by atoms with Gasteiger partial charge in [0.05, 0.1) is 16.8 Å². The molecular weight excluding hydrogens is 345 g/mol. The highest BCUT2D eigenvalue weighted by atomic mass is 19.4. The number of nitrogens with zero attached hydrogens (tertiary/aromatic N) is 4. The molecule has 26 heavy (non-hydrogen) atoms. The molecule has 1 aliphatic heterocycles. The number of alkyl halides is 3. The zero-order valence-electron chi connectivity index (χ0n) is 14.8. The quantitative estimate of drug-likeness (QED) is 0.839. The summed E-state index contributed by atoms with van der Waals surface area (Å²) >= 11 is 0. The number of hydrogen-bond donors (Lipinski definition) is 0. The molecule has 1 fully saturated rings. The van der Waals surface area contributed by atoms with Crippen LogP contribution in [-0.4, -0.2) is 51.7 Å². The van der Waals surface area contributed by atoms with Crippen LogP contribution in [0.4, 0.5) is 13.2 Å². The summed E-state index contributed by atoms with van der Waals surface area (Å²) in [6, 6.07) is 5.40. The first kappa shape index (κ1) is 18.4. The van der Waals surface area contributed by atoms with Crippen LogP contribution in [-0.2, 0) is 19.8 Å². The van der Waals surface area contributed by atoms with Crippen LogP contribution >= 0.6 is 0 Å². The molecule has 140 valence electrons. The van der Waals surface area contributed by atoms with Gasteiger partial charge in [0.1, 0.15) is 0 Å². The zero-order valence-corrected chi connectivity index (χ0v) is 14.8. The zero-order chi connectivity index (χ0) is 18.9. The number of aromatic nitrogens is 2. The summed E-state index contributed by atoms with van der Waals surface area (Å²) in [7, 11) is 1.77. The minimum absolute atomic E-state index is 0.0469. The van der Waals surface area contributed by atoms with Gasteiger partial charge in [0, 0.05) is 46.0 Å². The highest BCUT2D eigenvalue weighted by Gasteiger charge is 2.30. The Bertz CT molecular complexity index is 792. The minimum atomic E-state index is -4.33. The van der Waals surface area contributed by atoms with Gasteiger partial charge >= 0.3 is 6.18 Å². The number of piperazine rings is 1. The third-order valence-corrected chi connectivity index (χ3v) is 4.56.